The van der Waals surface area contributed by atoms with Gasteiger partial charge in [-0.15, -0.1) is 0 Å². The van der Waals surface area contributed by atoms with Crippen LogP contribution in [0.2, 0.25) is 0 Å². The standard InChI is InChI=1S/C13H8FIN2S/c14-8-1-6-12-11(7-8)16-13(18)17(12)10-4-2-9(15)3-5-10/h1-7H,(H,16,18). The molecule has 0 atom stereocenters. The molecule has 1 aromatic heterocycles. The average molecular weight is 370 g/mol. The third kappa shape index (κ3) is 1.97. The number of benzene rings is 2. The van der Waals surface area contributed by atoms with Crippen LogP contribution >= 0.6 is 34.8 Å². The second kappa shape index (κ2) is 4.47. The molecule has 5 heteroatoms. The second-order valence-corrected chi connectivity index (χ2v) is 5.54. The predicted octanol–water partition coefficient (Wildman–Crippen LogP) is 4.43. The van der Waals surface area contributed by atoms with Crippen LogP contribution in [0.1, 0.15) is 0 Å². The Hall–Kier alpha value is -1.21. The molecule has 2 aromatic carbocycles. The topological polar surface area (TPSA) is 20.7 Å². The van der Waals surface area contributed by atoms with E-state index in [0.29, 0.717) is 10.3 Å². The number of hydrogen-bond donors (Lipinski definition) is 1. The van der Waals surface area contributed by atoms with Crippen molar-refractivity contribution in [1.82, 2.24) is 9.55 Å². The summed E-state index contributed by atoms with van der Waals surface area (Å²) in [6.07, 6.45) is 0. The van der Waals surface area contributed by atoms with Crippen molar-refractivity contribution in [3.8, 4) is 5.69 Å². The van der Waals surface area contributed by atoms with Crippen LogP contribution in [0.15, 0.2) is 42.5 Å². The Bertz CT molecular complexity index is 774. The second-order valence-electron chi connectivity index (χ2n) is 3.90. The predicted molar refractivity (Wildman–Crippen MR) is 81.1 cm³/mol. The van der Waals surface area contributed by atoms with Gasteiger partial charge in [0.25, 0.3) is 0 Å². The van der Waals surface area contributed by atoms with E-state index in [4.69, 9.17) is 12.2 Å². The van der Waals surface area contributed by atoms with Gasteiger partial charge in [-0.2, -0.15) is 0 Å². The summed E-state index contributed by atoms with van der Waals surface area (Å²) in [5.74, 6) is -0.270. The van der Waals surface area contributed by atoms with Crippen LogP contribution in [-0.2, 0) is 0 Å². The molecule has 1 heterocycles. The number of fused-ring (bicyclic) bond motifs is 1. The maximum Gasteiger partial charge on any atom is 0.182 e. The molecule has 0 aliphatic carbocycles. The van der Waals surface area contributed by atoms with Crippen LogP contribution in [-0.4, -0.2) is 9.55 Å². The van der Waals surface area contributed by atoms with Gasteiger partial charge in [0, 0.05) is 9.26 Å². The van der Waals surface area contributed by atoms with Gasteiger partial charge in [-0.3, -0.25) is 4.57 Å². The van der Waals surface area contributed by atoms with Crippen molar-refractivity contribution in [2.75, 3.05) is 0 Å². The highest BCUT2D eigenvalue weighted by Crippen LogP contribution is 2.21. The summed E-state index contributed by atoms with van der Waals surface area (Å²) in [7, 11) is 0. The van der Waals surface area contributed by atoms with Gasteiger partial charge in [0.15, 0.2) is 4.77 Å². The Labute approximate surface area is 122 Å². The Morgan fingerprint density at radius 3 is 2.56 bits per heavy atom. The number of aromatic amines is 1. The number of halogens is 2. The molecule has 1 N–H and O–H groups in total. The molecule has 0 spiro atoms. The van der Waals surface area contributed by atoms with Crippen molar-refractivity contribution in [3.63, 3.8) is 0 Å². The molecule has 0 fully saturated rings. The molecule has 18 heavy (non-hydrogen) atoms. The number of rotatable bonds is 1. The zero-order valence-corrected chi connectivity index (χ0v) is 12.1. The molecule has 0 amide bonds. The summed E-state index contributed by atoms with van der Waals surface area (Å²) in [5.41, 5.74) is 2.56. The average Bonchev–Trinajstić information content (AvgIpc) is 2.65. The first-order valence-electron chi connectivity index (χ1n) is 5.31. The van der Waals surface area contributed by atoms with Gasteiger partial charge in [-0.05, 0) is 77.3 Å². The van der Waals surface area contributed by atoms with Crippen molar-refractivity contribution in [3.05, 3.63) is 56.6 Å². The van der Waals surface area contributed by atoms with Crippen LogP contribution in [0.4, 0.5) is 4.39 Å². The molecule has 0 aliphatic heterocycles. The van der Waals surface area contributed by atoms with Gasteiger partial charge in [-0.1, -0.05) is 0 Å². The molecule has 90 valence electrons. The largest absolute Gasteiger partial charge is 0.330 e. The summed E-state index contributed by atoms with van der Waals surface area (Å²) in [6.45, 7) is 0. The van der Waals surface area contributed by atoms with Crippen molar-refractivity contribution in [2.45, 2.75) is 0 Å². The molecule has 3 aromatic rings. The lowest BCUT2D eigenvalue weighted by atomic mass is 10.3. The first kappa shape index (κ1) is 11.9. The summed E-state index contributed by atoms with van der Waals surface area (Å²) >= 11 is 7.55. The number of nitrogens with one attached hydrogen (secondary N) is 1. The summed E-state index contributed by atoms with van der Waals surface area (Å²) in [6, 6.07) is 12.6. The van der Waals surface area contributed by atoms with Gasteiger partial charge in [0.1, 0.15) is 5.82 Å². The molecule has 3 rings (SSSR count). The minimum atomic E-state index is -0.270. The fourth-order valence-electron chi connectivity index (χ4n) is 1.93. The Kier molecular flexibility index (Phi) is 2.95. The zero-order valence-electron chi connectivity index (χ0n) is 9.15. The molecule has 2 nitrogen and oxygen atoms in total. The Balaban J connectivity index is 2.32. The van der Waals surface area contributed by atoms with E-state index in [2.05, 4.69) is 27.6 Å². The molecule has 0 radical (unpaired) electrons. The highest BCUT2D eigenvalue weighted by atomic mass is 127. The monoisotopic (exact) mass is 370 g/mol. The van der Waals surface area contributed by atoms with Crippen LogP contribution in [0.5, 0.6) is 0 Å². The lowest BCUT2D eigenvalue weighted by Gasteiger charge is -2.04. The zero-order chi connectivity index (χ0) is 12.7. The van der Waals surface area contributed by atoms with Crippen molar-refractivity contribution in [2.24, 2.45) is 0 Å². The van der Waals surface area contributed by atoms with Gasteiger partial charge in [0.2, 0.25) is 0 Å². The molecule has 0 saturated heterocycles. The maximum absolute atomic E-state index is 13.2. The van der Waals surface area contributed by atoms with E-state index in [0.717, 1.165) is 14.8 Å². The minimum absolute atomic E-state index is 0.270. The molecule has 0 aliphatic rings. The number of aromatic nitrogens is 2. The lowest BCUT2D eigenvalue weighted by Crippen LogP contribution is -1.93. The lowest BCUT2D eigenvalue weighted by molar-refractivity contribution is 0.629. The van der Waals surface area contributed by atoms with Gasteiger partial charge in [0.05, 0.1) is 11.0 Å². The van der Waals surface area contributed by atoms with E-state index in [9.17, 15) is 4.39 Å². The van der Waals surface area contributed by atoms with E-state index in [-0.39, 0.29) is 5.82 Å². The number of imidazole rings is 1. The van der Waals surface area contributed by atoms with E-state index in [1.54, 1.807) is 6.07 Å². The van der Waals surface area contributed by atoms with Crippen molar-refractivity contribution >= 4 is 45.8 Å². The van der Waals surface area contributed by atoms with E-state index >= 15 is 0 Å². The normalized spacial score (nSPS) is 11.0. The third-order valence-corrected chi connectivity index (χ3v) is 3.73. The number of hydrogen-bond acceptors (Lipinski definition) is 1. The quantitative estimate of drug-likeness (QED) is 0.497. The fraction of sp³-hybridized carbons (Fsp3) is 0. The maximum atomic E-state index is 13.2. The van der Waals surface area contributed by atoms with Gasteiger partial charge >= 0.3 is 0 Å². The van der Waals surface area contributed by atoms with E-state index < -0.39 is 0 Å². The highest BCUT2D eigenvalue weighted by molar-refractivity contribution is 14.1. The minimum Gasteiger partial charge on any atom is -0.330 e. The van der Waals surface area contributed by atoms with Gasteiger partial charge in [-0.25, -0.2) is 4.39 Å². The highest BCUT2D eigenvalue weighted by Gasteiger charge is 2.07. The number of H-pyrrole nitrogens is 1. The van der Waals surface area contributed by atoms with Crippen LogP contribution in [0.3, 0.4) is 0 Å². The number of nitrogens with zero attached hydrogens (tertiary/aromatic N) is 1. The summed E-state index contributed by atoms with van der Waals surface area (Å²) in [5, 5.41) is 0. The first-order chi connectivity index (χ1) is 8.65. The Morgan fingerprint density at radius 2 is 1.83 bits per heavy atom. The van der Waals surface area contributed by atoms with Gasteiger partial charge < -0.3 is 4.98 Å². The third-order valence-electron chi connectivity index (χ3n) is 2.73. The summed E-state index contributed by atoms with van der Waals surface area (Å²) in [4.78, 5) is 3.02. The van der Waals surface area contributed by atoms with Crippen LogP contribution in [0.25, 0.3) is 16.7 Å². The molecule has 0 bridgehead atoms. The van der Waals surface area contributed by atoms with Crippen molar-refractivity contribution < 1.29 is 4.39 Å². The fourth-order valence-corrected chi connectivity index (χ4v) is 2.60. The molecule has 0 unspecified atom stereocenters. The Morgan fingerprint density at radius 1 is 1.11 bits per heavy atom. The molecular formula is C13H8FIN2S. The molecular weight excluding hydrogens is 362 g/mol. The van der Waals surface area contributed by atoms with Crippen LogP contribution < -0.4 is 0 Å². The van der Waals surface area contributed by atoms with Crippen molar-refractivity contribution in [1.29, 1.82) is 0 Å². The SMILES string of the molecule is Fc1ccc2c(c1)[nH]c(=S)n2-c1ccc(I)cc1. The first-order valence-corrected chi connectivity index (χ1v) is 6.80. The summed E-state index contributed by atoms with van der Waals surface area (Å²) < 4.78 is 16.8. The smallest absolute Gasteiger partial charge is 0.182 e. The van der Waals surface area contributed by atoms with E-state index in [1.165, 1.54) is 12.1 Å². The van der Waals surface area contributed by atoms with Crippen LogP contribution in [0, 0.1) is 14.2 Å². The molecule has 0 saturated carbocycles. The van der Waals surface area contributed by atoms with E-state index in [1.807, 2.05) is 28.8 Å².